The Kier molecular flexibility index (Phi) is 5.62. The summed E-state index contributed by atoms with van der Waals surface area (Å²) < 4.78 is 37.6. The molecule has 0 N–H and O–H groups in total. The summed E-state index contributed by atoms with van der Waals surface area (Å²) >= 11 is 0. The van der Waals surface area contributed by atoms with E-state index < -0.39 is 9.84 Å². The first kappa shape index (κ1) is 19.8. The lowest BCUT2D eigenvalue weighted by molar-refractivity contribution is 0.414. The predicted octanol–water partition coefficient (Wildman–Crippen LogP) is 3.11. The van der Waals surface area contributed by atoms with Crippen LogP contribution in [0.2, 0.25) is 0 Å². The van der Waals surface area contributed by atoms with Gasteiger partial charge in [0.1, 0.15) is 23.1 Å². The number of ether oxygens (including phenoxy) is 1. The third-order valence-electron chi connectivity index (χ3n) is 4.50. The highest BCUT2D eigenvalue weighted by molar-refractivity contribution is 7.89. The van der Waals surface area contributed by atoms with E-state index >= 15 is 0 Å². The van der Waals surface area contributed by atoms with E-state index in [-0.39, 0.29) is 23.2 Å². The van der Waals surface area contributed by atoms with Crippen molar-refractivity contribution < 1.29 is 17.7 Å². The molecule has 0 saturated heterocycles. The molecule has 0 aliphatic carbocycles. The van der Waals surface area contributed by atoms with Crippen LogP contribution in [-0.2, 0) is 27.9 Å². The van der Waals surface area contributed by atoms with Crippen molar-refractivity contribution in [3.05, 3.63) is 84.2 Å². The maximum Gasteiger partial charge on any atom is 0.257 e. The second-order valence-corrected chi connectivity index (χ2v) is 8.80. The Morgan fingerprint density at radius 1 is 1.03 bits per heavy atom. The fourth-order valence-electron chi connectivity index (χ4n) is 3.01. The smallest absolute Gasteiger partial charge is 0.257 e. The number of hydrogen-bond donors (Lipinski definition) is 0. The van der Waals surface area contributed by atoms with Crippen molar-refractivity contribution in [2.75, 3.05) is 7.11 Å². The Balaban J connectivity index is 1.45. The topological polar surface area (TPSA) is 100 Å². The van der Waals surface area contributed by atoms with E-state index in [2.05, 4.69) is 15.1 Å². The lowest BCUT2D eigenvalue weighted by atomic mass is 10.2. The van der Waals surface area contributed by atoms with Crippen LogP contribution in [0.3, 0.4) is 0 Å². The lowest BCUT2D eigenvalue weighted by Gasteiger charge is -2.08. The molecular formula is C21H20N4O4S. The van der Waals surface area contributed by atoms with Gasteiger partial charge in [0.25, 0.3) is 5.89 Å². The van der Waals surface area contributed by atoms with Gasteiger partial charge in [0.15, 0.2) is 15.7 Å². The first-order chi connectivity index (χ1) is 14.5. The van der Waals surface area contributed by atoms with Crippen LogP contribution in [0.4, 0.5) is 0 Å². The minimum absolute atomic E-state index is 0.113. The summed E-state index contributed by atoms with van der Waals surface area (Å²) in [7, 11) is -1.96. The Morgan fingerprint density at radius 2 is 1.80 bits per heavy atom. The lowest BCUT2D eigenvalue weighted by Crippen LogP contribution is -2.13. The van der Waals surface area contributed by atoms with Gasteiger partial charge in [-0.15, -0.1) is 0 Å². The van der Waals surface area contributed by atoms with Crippen molar-refractivity contribution in [1.82, 2.24) is 19.7 Å². The molecule has 30 heavy (non-hydrogen) atoms. The zero-order chi connectivity index (χ0) is 21.0. The molecule has 154 valence electrons. The maximum absolute atomic E-state index is 12.7. The SMILES string of the molecule is COc1ccc(-c2nc(CS(=O)(=O)Cc3nccn3Cc3ccccc3)no2)cc1. The maximum atomic E-state index is 12.7. The normalized spacial score (nSPS) is 11.5. The molecule has 0 bridgehead atoms. The molecule has 0 fully saturated rings. The summed E-state index contributed by atoms with van der Waals surface area (Å²) in [5, 5.41) is 3.82. The molecule has 0 atom stereocenters. The molecule has 0 saturated carbocycles. The molecule has 0 aliphatic rings. The van der Waals surface area contributed by atoms with Crippen LogP contribution in [0, 0.1) is 0 Å². The van der Waals surface area contributed by atoms with E-state index in [0.29, 0.717) is 23.7 Å². The largest absolute Gasteiger partial charge is 0.497 e. The van der Waals surface area contributed by atoms with E-state index in [4.69, 9.17) is 9.26 Å². The van der Waals surface area contributed by atoms with Gasteiger partial charge in [-0.05, 0) is 29.8 Å². The van der Waals surface area contributed by atoms with Gasteiger partial charge in [-0.2, -0.15) is 4.98 Å². The Bertz CT molecular complexity index is 1220. The van der Waals surface area contributed by atoms with Crippen molar-refractivity contribution in [3.8, 4) is 17.2 Å². The van der Waals surface area contributed by atoms with E-state index in [1.54, 1.807) is 43.8 Å². The predicted molar refractivity (Wildman–Crippen MR) is 110 cm³/mol. The number of benzene rings is 2. The van der Waals surface area contributed by atoms with E-state index in [1.165, 1.54) is 0 Å². The number of imidazole rings is 1. The number of hydrogen-bond acceptors (Lipinski definition) is 7. The van der Waals surface area contributed by atoms with Crippen LogP contribution < -0.4 is 4.74 Å². The van der Waals surface area contributed by atoms with Crippen LogP contribution in [-0.4, -0.2) is 35.2 Å². The number of rotatable bonds is 8. The second-order valence-electron chi connectivity index (χ2n) is 6.73. The van der Waals surface area contributed by atoms with Crippen LogP contribution in [0.15, 0.2) is 71.5 Å². The van der Waals surface area contributed by atoms with Crippen LogP contribution in [0.5, 0.6) is 5.75 Å². The van der Waals surface area contributed by atoms with Crippen LogP contribution in [0.25, 0.3) is 11.5 Å². The van der Waals surface area contributed by atoms with Gasteiger partial charge in [0, 0.05) is 24.5 Å². The molecule has 2 aromatic heterocycles. The fraction of sp³-hybridized carbons (Fsp3) is 0.190. The Hall–Kier alpha value is -3.46. The van der Waals surface area contributed by atoms with E-state index in [0.717, 1.165) is 5.56 Å². The summed E-state index contributed by atoms with van der Waals surface area (Å²) in [5.74, 6) is 1.00. The molecule has 0 spiro atoms. The van der Waals surface area contributed by atoms with Gasteiger partial charge in [-0.1, -0.05) is 35.5 Å². The molecule has 4 rings (SSSR count). The molecule has 8 nitrogen and oxygen atoms in total. The van der Waals surface area contributed by atoms with Crippen molar-refractivity contribution in [2.24, 2.45) is 0 Å². The summed E-state index contributed by atoms with van der Waals surface area (Å²) in [5.41, 5.74) is 1.75. The first-order valence-electron chi connectivity index (χ1n) is 9.24. The quantitative estimate of drug-likeness (QED) is 0.428. The first-order valence-corrected chi connectivity index (χ1v) is 11.1. The highest BCUT2D eigenvalue weighted by atomic mass is 32.2. The monoisotopic (exact) mass is 424 g/mol. The summed E-state index contributed by atoms with van der Waals surface area (Å²) in [6, 6.07) is 16.9. The van der Waals surface area contributed by atoms with Gasteiger partial charge < -0.3 is 13.8 Å². The van der Waals surface area contributed by atoms with Gasteiger partial charge >= 0.3 is 0 Å². The number of sulfone groups is 1. The zero-order valence-electron chi connectivity index (χ0n) is 16.3. The standard InChI is InChI=1S/C21H20N4O4S/c1-28-18-9-7-17(8-10-18)21-23-19(24-29-21)14-30(26,27)15-20-22-11-12-25(20)13-16-5-3-2-4-6-16/h2-12H,13-15H2,1H3. The van der Waals surface area contributed by atoms with E-state index in [1.807, 2.05) is 34.9 Å². The van der Waals surface area contributed by atoms with Crippen LogP contribution >= 0.6 is 0 Å². The fourth-order valence-corrected chi connectivity index (χ4v) is 4.26. The van der Waals surface area contributed by atoms with E-state index in [9.17, 15) is 8.42 Å². The highest BCUT2D eigenvalue weighted by Gasteiger charge is 2.21. The number of aromatic nitrogens is 4. The minimum atomic E-state index is -3.54. The second kappa shape index (κ2) is 8.50. The number of nitrogens with zero attached hydrogens (tertiary/aromatic N) is 4. The Labute approximate surface area is 174 Å². The van der Waals surface area contributed by atoms with Gasteiger partial charge in [0.05, 0.1) is 7.11 Å². The van der Waals surface area contributed by atoms with Crippen molar-refractivity contribution in [3.63, 3.8) is 0 Å². The zero-order valence-corrected chi connectivity index (χ0v) is 17.1. The third kappa shape index (κ3) is 4.74. The van der Waals surface area contributed by atoms with Gasteiger partial charge in [-0.25, -0.2) is 13.4 Å². The molecule has 2 aromatic carbocycles. The minimum Gasteiger partial charge on any atom is -0.497 e. The average Bonchev–Trinajstić information content (AvgIpc) is 3.38. The van der Waals surface area contributed by atoms with Crippen LogP contribution in [0.1, 0.15) is 17.2 Å². The average molecular weight is 424 g/mol. The Morgan fingerprint density at radius 3 is 2.53 bits per heavy atom. The molecule has 0 aliphatic heterocycles. The molecule has 4 aromatic rings. The molecule has 0 amide bonds. The van der Waals surface area contributed by atoms with Crippen molar-refractivity contribution in [2.45, 2.75) is 18.1 Å². The molecule has 9 heteroatoms. The molecule has 2 heterocycles. The van der Waals surface area contributed by atoms with Crippen molar-refractivity contribution >= 4 is 9.84 Å². The summed E-state index contributed by atoms with van der Waals surface area (Å²) in [6.45, 7) is 0.551. The molecule has 0 unspecified atom stereocenters. The highest BCUT2D eigenvalue weighted by Crippen LogP contribution is 2.21. The summed E-state index contributed by atoms with van der Waals surface area (Å²) in [6.07, 6.45) is 3.37. The number of methoxy groups -OCH3 is 1. The molecule has 0 radical (unpaired) electrons. The molecular weight excluding hydrogens is 404 g/mol. The van der Waals surface area contributed by atoms with Gasteiger partial charge in [-0.3, -0.25) is 0 Å². The van der Waals surface area contributed by atoms with Crippen molar-refractivity contribution in [1.29, 1.82) is 0 Å². The van der Waals surface area contributed by atoms with Gasteiger partial charge in [0.2, 0.25) is 0 Å². The third-order valence-corrected chi connectivity index (χ3v) is 5.90. The summed E-state index contributed by atoms with van der Waals surface area (Å²) in [4.78, 5) is 8.43.